The summed E-state index contributed by atoms with van der Waals surface area (Å²) in [4.78, 5) is 7.01. The number of nitrogens with one attached hydrogen (secondary N) is 1. The highest BCUT2D eigenvalue weighted by Gasteiger charge is 2.22. The summed E-state index contributed by atoms with van der Waals surface area (Å²) < 4.78 is 0.829. The molecule has 0 bridgehead atoms. The average molecular weight is 355 g/mol. The van der Waals surface area contributed by atoms with Crippen molar-refractivity contribution in [2.45, 2.75) is 25.4 Å². The molecule has 0 amide bonds. The van der Waals surface area contributed by atoms with E-state index in [0.29, 0.717) is 0 Å². The van der Waals surface area contributed by atoms with E-state index in [1.807, 2.05) is 17.6 Å². The predicted octanol–water partition coefficient (Wildman–Crippen LogP) is 5.75. The lowest BCUT2D eigenvalue weighted by Crippen LogP contribution is -2.25. The van der Waals surface area contributed by atoms with Crippen molar-refractivity contribution >= 4 is 45.6 Å². The molecule has 6 heteroatoms. The molecule has 0 fully saturated rings. The molecule has 1 N–H and O–H groups in total. The minimum absolute atomic E-state index is 0.177. The third kappa shape index (κ3) is 3.55. The minimum Gasteiger partial charge on any atom is -0.296 e. The van der Waals surface area contributed by atoms with Crippen molar-refractivity contribution in [3.63, 3.8) is 0 Å². The van der Waals surface area contributed by atoms with Gasteiger partial charge in [0.15, 0.2) is 0 Å². The molecule has 3 aromatic rings. The molecule has 3 rings (SSSR count). The Bertz CT molecular complexity index is 661. The van der Waals surface area contributed by atoms with Crippen LogP contribution in [0.2, 0.25) is 4.34 Å². The number of nitrogens with zero attached hydrogens (tertiary/aromatic N) is 1. The van der Waals surface area contributed by atoms with Gasteiger partial charge in [0.25, 0.3) is 0 Å². The molecule has 3 heterocycles. The maximum Gasteiger partial charge on any atom is 0.109 e. The summed E-state index contributed by atoms with van der Waals surface area (Å²) in [7, 11) is 0. The molecule has 0 spiro atoms. The predicted molar refractivity (Wildman–Crippen MR) is 93.8 cm³/mol. The molecule has 3 aromatic heterocycles. The highest BCUT2D eigenvalue weighted by molar-refractivity contribution is 7.16. The van der Waals surface area contributed by atoms with Gasteiger partial charge in [-0.3, -0.25) is 5.32 Å². The van der Waals surface area contributed by atoms with Crippen molar-refractivity contribution in [2.24, 2.45) is 0 Å². The van der Waals surface area contributed by atoms with Crippen LogP contribution in [0.1, 0.15) is 40.2 Å². The molecule has 0 saturated heterocycles. The minimum atomic E-state index is 0.177. The molecular weight excluding hydrogens is 340 g/mol. The molecule has 0 aliphatic carbocycles. The Hall–Kier alpha value is -0.720. The van der Waals surface area contributed by atoms with Crippen molar-refractivity contribution in [3.05, 3.63) is 60.3 Å². The molecule has 0 aliphatic rings. The Morgan fingerprint density at radius 1 is 1.19 bits per heavy atom. The van der Waals surface area contributed by atoms with Gasteiger partial charge in [-0.15, -0.1) is 34.0 Å². The van der Waals surface area contributed by atoms with Gasteiger partial charge < -0.3 is 0 Å². The summed E-state index contributed by atoms with van der Waals surface area (Å²) in [6, 6.07) is 8.78. The van der Waals surface area contributed by atoms with Crippen LogP contribution in [-0.2, 0) is 0 Å². The van der Waals surface area contributed by atoms with E-state index in [-0.39, 0.29) is 12.1 Å². The normalized spacial score (nSPS) is 14.2. The second-order valence-corrected chi connectivity index (χ2v) is 8.24. The van der Waals surface area contributed by atoms with E-state index in [1.165, 1.54) is 9.75 Å². The fourth-order valence-corrected chi connectivity index (χ4v) is 5.01. The quantitative estimate of drug-likeness (QED) is 0.609. The van der Waals surface area contributed by atoms with E-state index in [2.05, 4.69) is 40.8 Å². The zero-order valence-electron chi connectivity index (χ0n) is 11.5. The van der Waals surface area contributed by atoms with Gasteiger partial charge in [0, 0.05) is 21.3 Å². The fourth-order valence-electron chi connectivity index (χ4n) is 2.21. The van der Waals surface area contributed by atoms with Gasteiger partial charge in [0.2, 0.25) is 0 Å². The summed E-state index contributed by atoms with van der Waals surface area (Å²) in [6.45, 7) is 2.19. The number of aromatic nitrogens is 1. The monoisotopic (exact) mass is 354 g/mol. The maximum atomic E-state index is 6.12. The molecule has 2 unspecified atom stereocenters. The Labute approximate surface area is 141 Å². The van der Waals surface area contributed by atoms with E-state index in [4.69, 9.17) is 11.6 Å². The number of hydrogen-bond donors (Lipinski definition) is 1. The van der Waals surface area contributed by atoms with Gasteiger partial charge in [0.05, 0.1) is 16.4 Å². The Morgan fingerprint density at radius 2 is 2.10 bits per heavy atom. The van der Waals surface area contributed by atoms with Gasteiger partial charge in [0.1, 0.15) is 5.01 Å². The van der Waals surface area contributed by atoms with Crippen molar-refractivity contribution in [1.82, 2.24) is 10.3 Å². The van der Waals surface area contributed by atoms with Crippen LogP contribution < -0.4 is 5.32 Å². The van der Waals surface area contributed by atoms with E-state index < -0.39 is 0 Å². The Kier molecular flexibility index (Phi) is 5.08. The van der Waals surface area contributed by atoms with E-state index in [9.17, 15) is 0 Å². The summed E-state index contributed by atoms with van der Waals surface area (Å²) in [5.74, 6) is 0. The van der Waals surface area contributed by atoms with E-state index in [1.54, 1.807) is 34.0 Å². The lowest BCUT2D eigenvalue weighted by Gasteiger charge is -2.22. The van der Waals surface area contributed by atoms with E-state index >= 15 is 0 Å². The molecule has 110 valence electrons. The molecule has 0 saturated carbocycles. The van der Waals surface area contributed by atoms with Gasteiger partial charge in [-0.05, 0) is 30.0 Å². The summed E-state index contributed by atoms with van der Waals surface area (Å²) in [5, 5.41) is 9.03. The van der Waals surface area contributed by atoms with Gasteiger partial charge in [-0.2, -0.15) is 0 Å². The summed E-state index contributed by atoms with van der Waals surface area (Å²) >= 11 is 11.2. The van der Waals surface area contributed by atoms with Gasteiger partial charge in [-0.25, -0.2) is 4.98 Å². The third-order valence-electron chi connectivity index (χ3n) is 3.23. The zero-order valence-corrected chi connectivity index (χ0v) is 14.7. The Balaban J connectivity index is 1.89. The second kappa shape index (κ2) is 7.03. The van der Waals surface area contributed by atoms with Crippen molar-refractivity contribution in [3.8, 4) is 0 Å². The van der Waals surface area contributed by atoms with Crippen molar-refractivity contribution in [2.75, 3.05) is 0 Å². The average Bonchev–Trinajstić information content (AvgIpc) is 3.21. The van der Waals surface area contributed by atoms with Crippen LogP contribution in [0.4, 0.5) is 0 Å². The highest BCUT2D eigenvalue weighted by Crippen LogP contribution is 2.35. The van der Waals surface area contributed by atoms with Gasteiger partial charge >= 0.3 is 0 Å². The Morgan fingerprint density at radius 3 is 2.67 bits per heavy atom. The molecule has 21 heavy (non-hydrogen) atoms. The first-order valence-electron chi connectivity index (χ1n) is 6.72. The van der Waals surface area contributed by atoms with Crippen molar-refractivity contribution < 1.29 is 0 Å². The van der Waals surface area contributed by atoms with Crippen LogP contribution in [0.3, 0.4) is 0 Å². The molecule has 0 aliphatic heterocycles. The van der Waals surface area contributed by atoms with Crippen LogP contribution in [0.25, 0.3) is 0 Å². The smallest absolute Gasteiger partial charge is 0.109 e. The number of rotatable bonds is 6. The molecule has 0 aromatic carbocycles. The summed E-state index contributed by atoms with van der Waals surface area (Å²) in [5.41, 5.74) is 0. The number of hydrogen-bond acceptors (Lipinski definition) is 5. The molecule has 0 radical (unpaired) electrons. The van der Waals surface area contributed by atoms with Gasteiger partial charge in [-0.1, -0.05) is 24.6 Å². The topological polar surface area (TPSA) is 24.9 Å². The first-order chi connectivity index (χ1) is 10.3. The molecule has 2 nitrogen and oxygen atoms in total. The van der Waals surface area contributed by atoms with Crippen LogP contribution in [0.5, 0.6) is 0 Å². The lowest BCUT2D eigenvalue weighted by molar-refractivity contribution is 0.480. The van der Waals surface area contributed by atoms with E-state index in [0.717, 1.165) is 15.8 Å². The SMILES string of the molecule is CCC(NC(c1cccs1)c1ccc(Cl)s1)c1nccs1. The number of thiazole rings is 1. The number of halogens is 1. The lowest BCUT2D eigenvalue weighted by atomic mass is 10.1. The third-order valence-corrected chi connectivity index (χ3v) is 6.35. The highest BCUT2D eigenvalue weighted by atomic mass is 35.5. The maximum absolute atomic E-state index is 6.12. The van der Waals surface area contributed by atoms with Crippen LogP contribution in [-0.4, -0.2) is 4.98 Å². The summed E-state index contributed by atoms with van der Waals surface area (Å²) in [6.07, 6.45) is 2.88. The zero-order chi connectivity index (χ0) is 14.7. The fraction of sp³-hybridized carbons (Fsp3) is 0.267. The first kappa shape index (κ1) is 15.2. The standard InChI is InChI=1S/C15H15ClN2S3/c1-2-10(15-17-7-9-20-15)18-14(11-4-3-8-19-11)12-5-6-13(16)21-12/h3-10,14,18H,2H2,1H3. The second-order valence-electron chi connectivity index (χ2n) is 4.59. The van der Waals surface area contributed by atoms with Crippen molar-refractivity contribution in [1.29, 1.82) is 0 Å². The largest absolute Gasteiger partial charge is 0.296 e. The molecular formula is C15H15ClN2S3. The van der Waals surface area contributed by atoms with Crippen LogP contribution >= 0.6 is 45.6 Å². The van der Waals surface area contributed by atoms with Crippen LogP contribution in [0.15, 0.2) is 41.2 Å². The van der Waals surface area contributed by atoms with Crippen LogP contribution in [0, 0.1) is 0 Å². The number of thiophene rings is 2. The molecule has 2 atom stereocenters. The first-order valence-corrected chi connectivity index (χ1v) is 9.67.